The van der Waals surface area contributed by atoms with Crippen molar-refractivity contribution in [1.29, 1.82) is 5.41 Å². The second-order valence-electron chi connectivity index (χ2n) is 3.99. The highest BCUT2D eigenvalue weighted by molar-refractivity contribution is 7.91. The van der Waals surface area contributed by atoms with Crippen molar-refractivity contribution in [3.63, 3.8) is 0 Å². The van der Waals surface area contributed by atoms with E-state index in [2.05, 4.69) is 0 Å². The number of amidine groups is 1. The SMILES string of the molecule is CCS(=O)(=O)CCCOc1ccc(C(=N)N)c(Cl)c1. The third-order valence-corrected chi connectivity index (χ3v) is 4.64. The number of nitrogens with two attached hydrogens (primary N) is 1. The molecule has 0 spiro atoms. The van der Waals surface area contributed by atoms with Crippen LogP contribution in [0.2, 0.25) is 5.02 Å². The van der Waals surface area contributed by atoms with Gasteiger partial charge in [0.05, 0.1) is 17.4 Å². The molecule has 1 rings (SSSR count). The van der Waals surface area contributed by atoms with E-state index in [4.69, 9.17) is 27.5 Å². The van der Waals surface area contributed by atoms with Crippen molar-refractivity contribution in [1.82, 2.24) is 0 Å². The molecule has 0 unspecified atom stereocenters. The van der Waals surface area contributed by atoms with Gasteiger partial charge in [-0.3, -0.25) is 5.41 Å². The van der Waals surface area contributed by atoms with Gasteiger partial charge in [0, 0.05) is 11.3 Å². The van der Waals surface area contributed by atoms with Crippen LogP contribution in [0.3, 0.4) is 0 Å². The molecule has 0 aliphatic heterocycles. The Morgan fingerprint density at radius 3 is 2.68 bits per heavy atom. The summed E-state index contributed by atoms with van der Waals surface area (Å²) in [7, 11) is -2.95. The summed E-state index contributed by atoms with van der Waals surface area (Å²) < 4.78 is 27.9. The predicted octanol–water partition coefficient (Wildman–Crippen LogP) is 1.83. The van der Waals surface area contributed by atoms with Crippen molar-refractivity contribution in [2.24, 2.45) is 5.73 Å². The maximum absolute atomic E-state index is 11.3. The van der Waals surface area contributed by atoms with Crippen LogP contribution in [0.5, 0.6) is 5.75 Å². The van der Waals surface area contributed by atoms with Gasteiger partial charge in [-0.05, 0) is 24.6 Å². The highest BCUT2D eigenvalue weighted by Gasteiger charge is 2.08. The van der Waals surface area contributed by atoms with Crippen LogP contribution in [0.25, 0.3) is 0 Å². The molecule has 1 aromatic rings. The zero-order valence-electron chi connectivity index (χ0n) is 10.6. The van der Waals surface area contributed by atoms with Gasteiger partial charge in [-0.15, -0.1) is 0 Å². The number of rotatable bonds is 7. The van der Waals surface area contributed by atoms with Gasteiger partial charge < -0.3 is 10.5 Å². The zero-order valence-corrected chi connectivity index (χ0v) is 12.2. The Kier molecular flexibility index (Phi) is 5.62. The molecule has 0 bridgehead atoms. The molecule has 1 aromatic carbocycles. The fraction of sp³-hybridized carbons (Fsp3) is 0.417. The molecule has 0 fully saturated rings. The maximum atomic E-state index is 11.3. The maximum Gasteiger partial charge on any atom is 0.150 e. The molecule has 0 saturated carbocycles. The number of hydrogen-bond donors (Lipinski definition) is 2. The Morgan fingerprint density at radius 2 is 2.16 bits per heavy atom. The van der Waals surface area contributed by atoms with Gasteiger partial charge in [0.25, 0.3) is 0 Å². The van der Waals surface area contributed by atoms with E-state index in [1.165, 1.54) is 0 Å². The summed E-state index contributed by atoms with van der Waals surface area (Å²) in [5.41, 5.74) is 5.79. The van der Waals surface area contributed by atoms with E-state index in [-0.39, 0.29) is 17.3 Å². The van der Waals surface area contributed by atoms with Crippen LogP contribution in [0.15, 0.2) is 18.2 Å². The van der Waals surface area contributed by atoms with Crippen LogP contribution in [0.4, 0.5) is 0 Å². The smallest absolute Gasteiger partial charge is 0.150 e. The Hall–Kier alpha value is -1.27. The minimum atomic E-state index is -2.95. The average molecular weight is 305 g/mol. The molecule has 0 saturated heterocycles. The summed E-state index contributed by atoms with van der Waals surface area (Å²) >= 11 is 5.94. The highest BCUT2D eigenvalue weighted by Crippen LogP contribution is 2.22. The topological polar surface area (TPSA) is 93.2 Å². The fourth-order valence-electron chi connectivity index (χ4n) is 1.42. The molecule has 7 heteroatoms. The Balaban J connectivity index is 2.51. The second-order valence-corrected chi connectivity index (χ2v) is 6.87. The molecule has 3 N–H and O–H groups in total. The first-order chi connectivity index (χ1) is 8.85. The summed E-state index contributed by atoms with van der Waals surface area (Å²) in [5, 5.41) is 7.63. The van der Waals surface area contributed by atoms with Gasteiger partial charge in [0.15, 0.2) is 0 Å². The number of benzene rings is 1. The first-order valence-corrected chi connectivity index (χ1v) is 8.03. The summed E-state index contributed by atoms with van der Waals surface area (Å²) in [6.45, 7) is 1.92. The van der Waals surface area contributed by atoms with Crippen LogP contribution in [-0.4, -0.2) is 32.4 Å². The number of sulfone groups is 1. The van der Waals surface area contributed by atoms with Crippen LogP contribution >= 0.6 is 11.6 Å². The van der Waals surface area contributed by atoms with Crippen LogP contribution in [0.1, 0.15) is 18.9 Å². The van der Waals surface area contributed by atoms with E-state index in [9.17, 15) is 8.42 Å². The lowest BCUT2D eigenvalue weighted by atomic mass is 10.2. The quantitative estimate of drug-likeness (QED) is 0.456. The van der Waals surface area contributed by atoms with Gasteiger partial charge in [-0.1, -0.05) is 18.5 Å². The fourth-order valence-corrected chi connectivity index (χ4v) is 2.54. The minimum Gasteiger partial charge on any atom is -0.494 e. The summed E-state index contributed by atoms with van der Waals surface area (Å²) in [6.07, 6.45) is 0.433. The molecule has 0 aliphatic rings. The molecular formula is C12H17ClN2O3S. The van der Waals surface area contributed by atoms with Gasteiger partial charge in [-0.2, -0.15) is 0 Å². The van der Waals surface area contributed by atoms with Crippen LogP contribution < -0.4 is 10.5 Å². The van der Waals surface area contributed by atoms with Crippen LogP contribution in [-0.2, 0) is 9.84 Å². The standard InChI is InChI=1S/C12H17ClN2O3S/c1-2-19(16,17)7-3-6-18-9-4-5-10(12(14)15)11(13)8-9/h4-5,8H,2-3,6-7H2,1H3,(H3,14,15). The van der Waals surface area contributed by atoms with E-state index >= 15 is 0 Å². The van der Waals surface area contributed by atoms with Gasteiger partial charge in [-0.25, -0.2) is 8.42 Å². The molecule has 0 aromatic heterocycles. The van der Waals surface area contributed by atoms with Gasteiger partial charge in [0.1, 0.15) is 21.4 Å². The van der Waals surface area contributed by atoms with Crippen molar-refractivity contribution in [2.45, 2.75) is 13.3 Å². The lowest BCUT2D eigenvalue weighted by molar-refractivity contribution is 0.317. The Bertz CT molecular complexity index is 558. The van der Waals surface area contributed by atoms with Crippen molar-refractivity contribution >= 4 is 27.3 Å². The van der Waals surface area contributed by atoms with E-state index in [0.717, 1.165) is 0 Å². The number of ether oxygens (including phenoxy) is 1. The third-order valence-electron chi connectivity index (χ3n) is 2.54. The lowest BCUT2D eigenvalue weighted by Gasteiger charge is -2.08. The number of halogens is 1. The molecule has 0 aliphatic carbocycles. The first-order valence-electron chi connectivity index (χ1n) is 5.83. The molecular weight excluding hydrogens is 288 g/mol. The molecule has 0 radical (unpaired) electrons. The summed E-state index contributed by atoms with van der Waals surface area (Å²) in [5.74, 6) is 0.684. The second kappa shape index (κ2) is 6.77. The number of nitrogens with one attached hydrogen (secondary N) is 1. The van der Waals surface area contributed by atoms with Crippen molar-refractivity contribution in [3.05, 3.63) is 28.8 Å². The predicted molar refractivity (Wildman–Crippen MR) is 76.9 cm³/mol. The van der Waals surface area contributed by atoms with E-state index < -0.39 is 9.84 Å². The average Bonchev–Trinajstić information content (AvgIpc) is 2.34. The molecule has 5 nitrogen and oxygen atoms in total. The van der Waals surface area contributed by atoms with E-state index in [1.54, 1.807) is 25.1 Å². The van der Waals surface area contributed by atoms with Crippen molar-refractivity contribution in [2.75, 3.05) is 18.1 Å². The Morgan fingerprint density at radius 1 is 1.47 bits per heavy atom. The normalized spacial score (nSPS) is 11.3. The van der Waals surface area contributed by atoms with Crippen molar-refractivity contribution in [3.8, 4) is 5.75 Å². The lowest BCUT2D eigenvalue weighted by Crippen LogP contribution is -2.13. The third kappa shape index (κ3) is 5.08. The molecule has 106 valence electrons. The monoisotopic (exact) mass is 304 g/mol. The largest absolute Gasteiger partial charge is 0.494 e. The molecule has 0 amide bonds. The van der Waals surface area contributed by atoms with Crippen molar-refractivity contribution < 1.29 is 13.2 Å². The highest BCUT2D eigenvalue weighted by atomic mass is 35.5. The number of nitrogen functional groups attached to an aromatic ring is 1. The van der Waals surface area contributed by atoms with Gasteiger partial charge >= 0.3 is 0 Å². The van der Waals surface area contributed by atoms with Gasteiger partial charge in [0.2, 0.25) is 0 Å². The van der Waals surface area contributed by atoms with E-state index in [0.29, 0.717) is 29.4 Å². The zero-order chi connectivity index (χ0) is 14.5. The number of hydrogen-bond acceptors (Lipinski definition) is 4. The molecule has 0 atom stereocenters. The summed E-state index contributed by atoms with van der Waals surface area (Å²) in [4.78, 5) is 0. The minimum absolute atomic E-state index is 0.106. The van der Waals surface area contributed by atoms with Crippen LogP contribution in [0, 0.1) is 5.41 Å². The first kappa shape index (κ1) is 15.8. The Labute approximate surface area is 118 Å². The summed E-state index contributed by atoms with van der Waals surface area (Å²) in [6, 6.07) is 4.81. The molecule has 0 heterocycles. The molecule has 19 heavy (non-hydrogen) atoms. The van der Waals surface area contributed by atoms with E-state index in [1.807, 2.05) is 0 Å².